The molecule has 1 aromatic rings. The van der Waals surface area contributed by atoms with Gasteiger partial charge in [0, 0.05) is 6.42 Å². The fourth-order valence-corrected chi connectivity index (χ4v) is 1.49. The maximum atomic E-state index is 11.6. The zero-order chi connectivity index (χ0) is 10.7. The second-order valence-electron chi connectivity index (χ2n) is 3.36. The molecule has 1 amide bonds. The van der Waals surface area contributed by atoms with E-state index in [2.05, 4.69) is 15.8 Å². The van der Waals surface area contributed by atoms with Crippen LogP contribution in [0.25, 0.3) is 0 Å². The topological polar surface area (TPSA) is 53.5 Å². The molecule has 1 aliphatic heterocycles. The average molecular weight is 203 g/mol. The maximum absolute atomic E-state index is 11.6. The van der Waals surface area contributed by atoms with Gasteiger partial charge in [0.25, 0.3) is 5.91 Å². The Morgan fingerprint density at radius 1 is 1.27 bits per heavy atom. The number of hydrazine groups is 1. The van der Waals surface area contributed by atoms with Crippen molar-refractivity contribution in [1.29, 1.82) is 0 Å². The van der Waals surface area contributed by atoms with Crippen LogP contribution >= 0.6 is 0 Å². The summed E-state index contributed by atoms with van der Waals surface area (Å²) in [5, 5.41) is 0. The number of amides is 1. The van der Waals surface area contributed by atoms with E-state index in [1.807, 2.05) is 37.3 Å². The van der Waals surface area contributed by atoms with Gasteiger partial charge in [0.15, 0.2) is 6.04 Å². The van der Waals surface area contributed by atoms with Crippen molar-refractivity contribution < 1.29 is 4.79 Å². The van der Waals surface area contributed by atoms with Gasteiger partial charge >= 0.3 is 0 Å². The summed E-state index contributed by atoms with van der Waals surface area (Å²) in [4.78, 5) is 15.9. The van der Waals surface area contributed by atoms with E-state index < -0.39 is 6.04 Å². The number of nitrogens with zero attached hydrogens (tertiary/aromatic N) is 1. The summed E-state index contributed by atoms with van der Waals surface area (Å²) in [7, 11) is 0. The molecule has 0 fully saturated rings. The van der Waals surface area contributed by atoms with Crippen LogP contribution < -0.4 is 10.9 Å². The van der Waals surface area contributed by atoms with Crippen LogP contribution in [-0.4, -0.2) is 11.7 Å². The first-order valence-electron chi connectivity index (χ1n) is 4.98. The van der Waals surface area contributed by atoms with Crippen LogP contribution in [0.1, 0.15) is 24.9 Å². The van der Waals surface area contributed by atoms with Gasteiger partial charge in [0.05, 0.1) is 0 Å². The number of amidine groups is 1. The Hall–Kier alpha value is -1.84. The number of hydrogen-bond donors (Lipinski definition) is 2. The summed E-state index contributed by atoms with van der Waals surface area (Å²) >= 11 is 0. The fourth-order valence-electron chi connectivity index (χ4n) is 1.49. The van der Waals surface area contributed by atoms with Gasteiger partial charge in [-0.15, -0.1) is 0 Å². The largest absolute Gasteiger partial charge is 0.286 e. The Morgan fingerprint density at radius 2 is 2.00 bits per heavy atom. The third kappa shape index (κ3) is 1.98. The number of hydrogen-bond acceptors (Lipinski definition) is 3. The Labute approximate surface area is 88.4 Å². The first kappa shape index (κ1) is 9.71. The number of rotatable bonds is 2. The summed E-state index contributed by atoms with van der Waals surface area (Å²) in [5.74, 6) is 0.696. The monoisotopic (exact) mass is 203 g/mol. The molecule has 78 valence electrons. The van der Waals surface area contributed by atoms with Crippen molar-refractivity contribution in [2.45, 2.75) is 19.4 Å². The standard InChI is InChI=1S/C11H13N3O/c1-2-9-12-10(11(15)14-13-9)8-6-4-3-5-7-8/h3-7,10H,2H2,1H3,(H,12,13)(H,14,15). The Balaban J connectivity index is 2.31. The molecule has 15 heavy (non-hydrogen) atoms. The van der Waals surface area contributed by atoms with E-state index in [4.69, 9.17) is 0 Å². The molecule has 0 spiro atoms. The van der Waals surface area contributed by atoms with Gasteiger partial charge in [0.1, 0.15) is 5.84 Å². The molecule has 0 saturated heterocycles. The number of carbonyl (C=O) groups is 1. The van der Waals surface area contributed by atoms with E-state index in [0.717, 1.165) is 17.8 Å². The Morgan fingerprint density at radius 3 is 2.67 bits per heavy atom. The predicted molar refractivity (Wildman–Crippen MR) is 58.2 cm³/mol. The van der Waals surface area contributed by atoms with Crippen molar-refractivity contribution in [2.75, 3.05) is 0 Å². The second-order valence-corrected chi connectivity index (χ2v) is 3.36. The molecule has 4 heteroatoms. The van der Waals surface area contributed by atoms with Crippen LogP contribution in [0.3, 0.4) is 0 Å². The molecular formula is C11H13N3O. The number of aliphatic imine (C=N–C) groups is 1. The molecular weight excluding hydrogens is 190 g/mol. The predicted octanol–water partition coefficient (Wildman–Crippen LogP) is 1.17. The quantitative estimate of drug-likeness (QED) is 0.758. The number of carbonyl (C=O) groups excluding carboxylic acids is 1. The van der Waals surface area contributed by atoms with Crippen LogP contribution in [0.4, 0.5) is 0 Å². The zero-order valence-corrected chi connectivity index (χ0v) is 8.53. The summed E-state index contributed by atoms with van der Waals surface area (Å²) in [6, 6.07) is 9.14. The maximum Gasteiger partial charge on any atom is 0.267 e. The Kier molecular flexibility index (Phi) is 2.67. The molecule has 1 atom stereocenters. The van der Waals surface area contributed by atoms with Crippen LogP contribution in [0.2, 0.25) is 0 Å². The highest BCUT2D eigenvalue weighted by Crippen LogP contribution is 2.18. The molecule has 0 radical (unpaired) electrons. The van der Waals surface area contributed by atoms with Gasteiger partial charge in [-0.3, -0.25) is 20.6 Å². The Bertz CT molecular complexity index is 386. The van der Waals surface area contributed by atoms with Crippen molar-refractivity contribution in [3.63, 3.8) is 0 Å². The molecule has 0 aliphatic carbocycles. The lowest BCUT2D eigenvalue weighted by Gasteiger charge is -2.21. The molecule has 4 nitrogen and oxygen atoms in total. The third-order valence-corrected chi connectivity index (χ3v) is 2.31. The first-order chi connectivity index (χ1) is 7.31. The molecule has 0 bridgehead atoms. The van der Waals surface area contributed by atoms with Crippen LogP contribution in [0, 0.1) is 0 Å². The van der Waals surface area contributed by atoms with Crippen LogP contribution in [0.5, 0.6) is 0 Å². The first-order valence-corrected chi connectivity index (χ1v) is 4.98. The molecule has 2 N–H and O–H groups in total. The molecule has 1 unspecified atom stereocenters. The zero-order valence-electron chi connectivity index (χ0n) is 8.53. The van der Waals surface area contributed by atoms with Gasteiger partial charge in [0.2, 0.25) is 0 Å². The smallest absolute Gasteiger partial charge is 0.267 e. The second kappa shape index (κ2) is 4.13. The average Bonchev–Trinajstić information content (AvgIpc) is 2.31. The van der Waals surface area contributed by atoms with Crippen molar-refractivity contribution in [3.05, 3.63) is 35.9 Å². The minimum absolute atomic E-state index is 0.113. The minimum Gasteiger partial charge on any atom is -0.286 e. The van der Waals surface area contributed by atoms with Crippen molar-refractivity contribution in [2.24, 2.45) is 4.99 Å². The normalized spacial score (nSPS) is 20.2. The van der Waals surface area contributed by atoms with Crippen molar-refractivity contribution in [1.82, 2.24) is 10.9 Å². The van der Waals surface area contributed by atoms with E-state index in [1.165, 1.54) is 0 Å². The van der Waals surface area contributed by atoms with Gasteiger partial charge < -0.3 is 0 Å². The highest BCUT2D eigenvalue weighted by molar-refractivity contribution is 5.93. The van der Waals surface area contributed by atoms with E-state index >= 15 is 0 Å². The minimum atomic E-state index is -0.414. The molecule has 0 saturated carbocycles. The lowest BCUT2D eigenvalue weighted by molar-refractivity contribution is -0.123. The lowest BCUT2D eigenvalue weighted by Crippen LogP contribution is -2.47. The summed E-state index contributed by atoms with van der Waals surface area (Å²) in [6.07, 6.45) is 0.781. The lowest BCUT2D eigenvalue weighted by atomic mass is 10.1. The van der Waals surface area contributed by atoms with Gasteiger partial charge in [-0.25, -0.2) is 0 Å². The van der Waals surface area contributed by atoms with E-state index in [0.29, 0.717) is 0 Å². The highest BCUT2D eigenvalue weighted by atomic mass is 16.2. The van der Waals surface area contributed by atoms with Crippen molar-refractivity contribution in [3.8, 4) is 0 Å². The fraction of sp³-hybridized carbons (Fsp3) is 0.273. The van der Waals surface area contributed by atoms with Gasteiger partial charge in [-0.1, -0.05) is 37.3 Å². The SMILES string of the molecule is CCC1=NC(c2ccccc2)C(=O)NN1. The number of nitrogens with one attached hydrogen (secondary N) is 2. The molecule has 0 aromatic heterocycles. The molecule has 1 aliphatic rings. The number of benzene rings is 1. The molecule has 1 heterocycles. The van der Waals surface area contributed by atoms with Crippen LogP contribution in [-0.2, 0) is 4.79 Å². The summed E-state index contributed by atoms with van der Waals surface area (Å²) in [5.41, 5.74) is 6.30. The van der Waals surface area contributed by atoms with Crippen molar-refractivity contribution >= 4 is 11.7 Å². The van der Waals surface area contributed by atoms with Crippen LogP contribution in [0.15, 0.2) is 35.3 Å². The van der Waals surface area contributed by atoms with E-state index in [1.54, 1.807) is 0 Å². The van der Waals surface area contributed by atoms with E-state index in [-0.39, 0.29) is 5.91 Å². The molecule has 1 aromatic carbocycles. The highest BCUT2D eigenvalue weighted by Gasteiger charge is 2.23. The molecule has 2 rings (SSSR count). The van der Waals surface area contributed by atoms with Gasteiger partial charge in [-0.2, -0.15) is 0 Å². The summed E-state index contributed by atoms with van der Waals surface area (Å²) in [6.45, 7) is 1.99. The third-order valence-electron chi connectivity index (χ3n) is 2.31. The summed E-state index contributed by atoms with van der Waals surface area (Å²) < 4.78 is 0. The van der Waals surface area contributed by atoms with Gasteiger partial charge in [-0.05, 0) is 5.56 Å². The van der Waals surface area contributed by atoms with E-state index in [9.17, 15) is 4.79 Å².